The molecule has 0 amide bonds. The van der Waals surface area contributed by atoms with Gasteiger partial charge in [-0.25, -0.2) is 0 Å². The maximum Gasteiger partial charge on any atom is 0.170 e. The average Bonchev–Trinajstić information content (AvgIpc) is 2.61. The number of nitrogens with two attached hydrogens (primary N) is 1. The number of hydrogen-bond donors (Lipinski definition) is 1. The van der Waals surface area contributed by atoms with Crippen molar-refractivity contribution in [1.29, 1.82) is 0 Å². The maximum atomic E-state index is 5.84. The smallest absolute Gasteiger partial charge is 0.170 e. The van der Waals surface area contributed by atoms with Crippen molar-refractivity contribution in [3.05, 3.63) is 11.3 Å². The number of anilines is 1. The topological polar surface area (TPSA) is 52.0 Å². The lowest BCUT2D eigenvalue weighted by Gasteiger charge is -2.20. The summed E-state index contributed by atoms with van der Waals surface area (Å²) in [5, 5.41) is 3.92. The molecule has 0 atom stereocenters. The molecule has 1 aromatic heterocycles. The lowest BCUT2D eigenvalue weighted by Crippen LogP contribution is -2.07. The van der Waals surface area contributed by atoms with Crippen molar-refractivity contribution in [3.63, 3.8) is 0 Å². The summed E-state index contributed by atoms with van der Waals surface area (Å²) in [7, 11) is 0. The molecule has 1 aliphatic rings. The van der Waals surface area contributed by atoms with Gasteiger partial charge in [0.15, 0.2) is 5.82 Å². The molecule has 0 bridgehead atoms. The third kappa shape index (κ3) is 2.01. The second-order valence-corrected chi connectivity index (χ2v) is 4.84. The molecule has 2 N–H and O–H groups in total. The SMILES string of the molecule is CC(C)c1c(N)noc1C1CCCCC1. The van der Waals surface area contributed by atoms with Crippen LogP contribution in [0.4, 0.5) is 5.82 Å². The number of nitrogen functional groups attached to an aromatic ring is 1. The van der Waals surface area contributed by atoms with Crippen LogP contribution in [0.1, 0.15) is 69.1 Å². The highest BCUT2D eigenvalue weighted by atomic mass is 16.5. The van der Waals surface area contributed by atoms with E-state index in [1.165, 1.54) is 32.1 Å². The summed E-state index contributed by atoms with van der Waals surface area (Å²) < 4.78 is 5.42. The molecule has 84 valence electrons. The van der Waals surface area contributed by atoms with Crippen molar-refractivity contribution in [2.45, 2.75) is 57.8 Å². The molecule has 3 heteroatoms. The van der Waals surface area contributed by atoms with Gasteiger partial charge < -0.3 is 10.3 Å². The second kappa shape index (κ2) is 4.25. The highest BCUT2D eigenvalue weighted by Gasteiger charge is 2.25. The van der Waals surface area contributed by atoms with Crippen molar-refractivity contribution in [2.24, 2.45) is 0 Å². The Morgan fingerprint density at radius 2 is 1.93 bits per heavy atom. The van der Waals surface area contributed by atoms with Crippen LogP contribution >= 0.6 is 0 Å². The standard InChI is InChI=1S/C12H20N2O/c1-8(2)10-11(15-14-12(10)13)9-6-4-3-5-7-9/h8-9H,3-7H2,1-2H3,(H2,13,14). The van der Waals surface area contributed by atoms with E-state index < -0.39 is 0 Å². The van der Waals surface area contributed by atoms with Crippen molar-refractivity contribution in [1.82, 2.24) is 5.16 Å². The van der Waals surface area contributed by atoms with E-state index in [0.29, 0.717) is 17.7 Å². The normalized spacial score (nSPS) is 18.6. The molecular weight excluding hydrogens is 188 g/mol. The van der Waals surface area contributed by atoms with Crippen LogP contribution in [0.2, 0.25) is 0 Å². The van der Waals surface area contributed by atoms with Gasteiger partial charge in [0.1, 0.15) is 5.76 Å². The van der Waals surface area contributed by atoms with E-state index in [-0.39, 0.29) is 0 Å². The maximum absolute atomic E-state index is 5.84. The van der Waals surface area contributed by atoms with Crippen LogP contribution in [-0.2, 0) is 0 Å². The zero-order chi connectivity index (χ0) is 10.8. The molecule has 1 aliphatic carbocycles. The first-order valence-corrected chi connectivity index (χ1v) is 5.95. The fourth-order valence-corrected chi connectivity index (χ4v) is 2.56. The third-order valence-corrected chi connectivity index (χ3v) is 3.34. The van der Waals surface area contributed by atoms with Gasteiger partial charge in [-0.05, 0) is 18.8 Å². The first-order chi connectivity index (χ1) is 7.20. The summed E-state index contributed by atoms with van der Waals surface area (Å²) >= 11 is 0. The highest BCUT2D eigenvalue weighted by Crippen LogP contribution is 2.38. The molecule has 0 saturated heterocycles. The molecule has 1 heterocycles. The lowest BCUT2D eigenvalue weighted by molar-refractivity contribution is 0.319. The van der Waals surface area contributed by atoms with E-state index in [1.54, 1.807) is 0 Å². The molecule has 0 unspecified atom stereocenters. The van der Waals surface area contributed by atoms with Crippen LogP contribution in [0.15, 0.2) is 4.52 Å². The Kier molecular flexibility index (Phi) is 2.98. The number of hydrogen-bond acceptors (Lipinski definition) is 3. The van der Waals surface area contributed by atoms with E-state index in [0.717, 1.165) is 11.3 Å². The Hall–Kier alpha value is -0.990. The van der Waals surface area contributed by atoms with E-state index in [1.807, 2.05) is 0 Å². The number of aromatic nitrogens is 1. The van der Waals surface area contributed by atoms with Gasteiger partial charge in [-0.1, -0.05) is 38.3 Å². The van der Waals surface area contributed by atoms with Crippen molar-refractivity contribution >= 4 is 5.82 Å². The average molecular weight is 208 g/mol. The minimum atomic E-state index is 0.410. The summed E-state index contributed by atoms with van der Waals surface area (Å²) in [6, 6.07) is 0. The number of rotatable bonds is 2. The summed E-state index contributed by atoms with van der Waals surface area (Å²) in [6.07, 6.45) is 6.44. The Labute approximate surface area is 91.0 Å². The monoisotopic (exact) mass is 208 g/mol. The zero-order valence-electron chi connectivity index (χ0n) is 9.62. The van der Waals surface area contributed by atoms with Gasteiger partial charge in [-0.15, -0.1) is 0 Å². The van der Waals surface area contributed by atoms with Gasteiger partial charge in [0.25, 0.3) is 0 Å². The molecule has 2 rings (SSSR count). The minimum Gasteiger partial charge on any atom is -0.381 e. The van der Waals surface area contributed by atoms with Gasteiger partial charge in [0.2, 0.25) is 0 Å². The Bertz CT molecular complexity index is 324. The number of nitrogens with zero attached hydrogens (tertiary/aromatic N) is 1. The predicted molar refractivity (Wildman–Crippen MR) is 60.8 cm³/mol. The van der Waals surface area contributed by atoms with Crippen LogP contribution in [0.25, 0.3) is 0 Å². The minimum absolute atomic E-state index is 0.410. The van der Waals surface area contributed by atoms with Crippen LogP contribution in [0.3, 0.4) is 0 Å². The second-order valence-electron chi connectivity index (χ2n) is 4.84. The van der Waals surface area contributed by atoms with Crippen molar-refractivity contribution in [2.75, 3.05) is 5.73 Å². The summed E-state index contributed by atoms with van der Waals surface area (Å²) in [5.41, 5.74) is 6.98. The van der Waals surface area contributed by atoms with Gasteiger partial charge in [-0.3, -0.25) is 0 Å². The third-order valence-electron chi connectivity index (χ3n) is 3.34. The molecule has 0 aromatic carbocycles. The van der Waals surface area contributed by atoms with Crippen LogP contribution in [0.5, 0.6) is 0 Å². The van der Waals surface area contributed by atoms with E-state index in [4.69, 9.17) is 10.3 Å². The molecular formula is C12H20N2O. The van der Waals surface area contributed by atoms with Gasteiger partial charge in [0, 0.05) is 11.5 Å². The first-order valence-electron chi connectivity index (χ1n) is 5.95. The predicted octanol–water partition coefficient (Wildman–Crippen LogP) is 3.43. The molecule has 1 fully saturated rings. The van der Waals surface area contributed by atoms with Gasteiger partial charge in [0.05, 0.1) is 0 Å². The van der Waals surface area contributed by atoms with Crippen molar-refractivity contribution in [3.8, 4) is 0 Å². The molecule has 0 aliphatic heterocycles. The summed E-state index contributed by atoms with van der Waals surface area (Å²) in [5.74, 6) is 2.61. The van der Waals surface area contributed by atoms with Gasteiger partial charge >= 0.3 is 0 Å². The largest absolute Gasteiger partial charge is 0.381 e. The van der Waals surface area contributed by atoms with Crippen LogP contribution in [0, 0.1) is 0 Å². The molecule has 15 heavy (non-hydrogen) atoms. The molecule has 0 spiro atoms. The molecule has 1 aromatic rings. The van der Waals surface area contributed by atoms with E-state index in [9.17, 15) is 0 Å². The fourth-order valence-electron chi connectivity index (χ4n) is 2.56. The van der Waals surface area contributed by atoms with E-state index >= 15 is 0 Å². The summed E-state index contributed by atoms with van der Waals surface area (Å²) in [6.45, 7) is 4.30. The zero-order valence-corrected chi connectivity index (χ0v) is 9.62. The van der Waals surface area contributed by atoms with Gasteiger partial charge in [-0.2, -0.15) is 0 Å². The quantitative estimate of drug-likeness (QED) is 0.810. The van der Waals surface area contributed by atoms with Crippen LogP contribution in [-0.4, -0.2) is 5.16 Å². The summed E-state index contributed by atoms with van der Waals surface area (Å²) in [4.78, 5) is 0. The Morgan fingerprint density at radius 1 is 1.27 bits per heavy atom. The lowest BCUT2D eigenvalue weighted by atomic mass is 9.84. The molecule has 1 saturated carbocycles. The molecule has 0 radical (unpaired) electrons. The highest BCUT2D eigenvalue weighted by molar-refractivity contribution is 5.43. The fraction of sp³-hybridized carbons (Fsp3) is 0.750. The van der Waals surface area contributed by atoms with Crippen molar-refractivity contribution < 1.29 is 4.52 Å². The Morgan fingerprint density at radius 3 is 2.53 bits per heavy atom. The van der Waals surface area contributed by atoms with E-state index in [2.05, 4.69) is 19.0 Å². The molecule has 3 nitrogen and oxygen atoms in total. The van der Waals surface area contributed by atoms with Crippen LogP contribution < -0.4 is 5.73 Å². The first kappa shape index (κ1) is 10.5. The Balaban J connectivity index is 2.26.